The Balaban J connectivity index is -0.000000169. The normalized spacial score (nSPS) is 9.38. The fourth-order valence-electron chi connectivity index (χ4n) is 0.449. The number of carbonyl (C=O) groups excluding carboxylic acids is 2. The maximum Gasteiger partial charge on any atom is 0.217 e. The average Bonchev–Trinajstić information content (AvgIpc) is 2.08. The second kappa shape index (κ2) is 17.3. The highest BCUT2D eigenvalue weighted by molar-refractivity contribution is 5.73. The minimum Gasteiger partial charge on any atom is -0.354 e. The monoisotopic (exact) mass is 189 g/mol. The summed E-state index contributed by atoms with van der Waals surface area (Å²) in [5.41, 5.74) is 0. The Morgan fingerprint density at radius 2 is 1.77 bits per heavy atom. The second-order valence-electron chi connectivity index (χ2n) is 2.25. The molecule has 1 amide bonds. The third kappa shape index (κ3) is 35.2. The third-order valence-electron chi connectivity index (χ3n) is 1.06. The van der Waals surface area contributed by atoms with Gasteiger partial charge in [-0.3, -0.25) is 4.79 Å². The first-order chi connectivity index (χ1) is 6.08. The summed E-state index contributed by atoms with van der Waals surface area (Å²) in [6.07, 6.45) is 1.75. The molecule has 3 heteroatoms. The van der Waals surface area contributed by atoms with Gasteiger partial charge in [-0.2, -0.15) is 0 Å². The van der Waals surface area contributed by atoms with Crippen LogP contribution in [0.4, 0.5) is 0 Å². The van der Waals surface area contributed by atoms with Crippen molar-refractivity contribution in [2.75, 3.05) is 0 Å². The molecule has 0 aromatic rings. The summed E-state index contributed by atoms with van der Waals surface area (Å²) < 4.78 is 0. The summed E-state index contributed by atoms with van der Waals surface area (Å²) in [4.78, 5) is 19.1. The van der Waals surface area contributed by atoms with Crippen molar-refractivity contribution in [3.63, 3.8) is 0 Å². The molecule has 0 aliphatic carbocycles. The van der Waals surface area contributed by atoms with Crippen molar-refractivity contribution in [3.05, 3.63) is 0 Å². The Kier molecular flexibility index (Phi) is 24.0. The number of rotatable bonds is 2. The highest BCUT2D eigenvalue weighted by atomic mass is 16.1. The molecule has 0 saturated carbocycles. The van der Waals surface area contributed by atoms with Crippen LogP contribution in [0.2, 0.25) is 0 Å². The molecule has 0 aliphatic rings. The number of aldehydes is 1. The van der Waals surface area contributed by atoms with Gasteiger partial charge in [0.15, 0.2) is 0 Å². The molecule has 0 rings (SSSR count). The van der Waals surface area contributed by atoms with Gasteiger partial charge in [-0.15, -0.1) is 0 Å². The van der Waals surface area contributed by atoms with Crippen molar-refractivity contribution in [1.82, 2.24) is 5.32 Å². The molecule has 13 heavy (non-hydrogen) atoms. The summed E-state index contributed by atoms with van der Waals surface area (Å²) in [7, 11) is 0. The van der Waals surface area contributed by atoms with Crippen LogP contribution in [-0.4, -0.2) is 18.2 Å². The van der Waals surface area contributed by atoms with Crippen LogP contribution in [0.25, 0.3) is 0 Å². The minimum absolute atomic E-state index is 0.0550. The molecule has 0 fully saturated rings. The van der Waals surface area contributed by atoms with E-state index < -0.39 is 0 Å². The van der Waals surface area contributed by atoms with Crippen LogP contribution in [-0.2, 0) is 9.59 Å². The molecule has 1 N–H and O–H groups in total. The fourth-order valence-corrected chi connectivity index (χ4v) is 0.449. The Labute approximate surface area is 81.9 Å². The van der Waals surface area contributed by atoms with E-state index in [4.69, 9.17) is 4.79 Å². The average molecular weight is 189 g/mol. The van der Waals surface area contributed by atoms with E-state index in [0.717, 1.165) is 12.7 Å². The summed E-state index contributed by atoms with van der Waals surface area (Å²) >= 11 is 0. The molecule has 0 radical (unpaired) electrons. The van der Waals surface area contributed by atoms with Crippen LogP contribution >= 0.6 is 0 Å². The van der Waals surface area contributed by atoms with E-state index >= 15 is 0 Å². The maximum atomic E-state index is 10.3. The van der Waals surface area contributed by atoms with E-state index in [-0.39, 0.29) is 5.91 Å². The molecule has 0 spiro atoms. The highest BCUT2D eigenvalue weighted by Crippen LogP contribution is 1.85. The molecular weight excluding hydrogens is 166 g/mol. The van der Waals surface area contributed by atoms with Crippen LogP contribution in [0.1, 0.15) is 48.0 Å². The van der Waals surface area contributed by atoms with Gasteiger partial charge < -0.3 is 10.1 Å². The number of hydrogen-bond acceptors (Lipinski definition) is 2. The van der Waals surface area contributed by atoms with Gasteiger partial charge in [0.25, 0.3) is 0 Å². The Morgan fingerprint density at radius 3 is 1.85 bits per heavy atom. The lowest BCUT2D eigenvalue weighted by Gasteiger charge is -2.07. The maximum absolute atomic E-state index is 10.3. The largest absolute Gasteiger partial charge is 0.354 e. The lowest BCUT2D eigenvalue weighted by molar-refractivity contribution is -0.119. The van der Waals surface area contributed by atoms with Crippen LogP contribution in [0.5, 0.6) is 0 Å². The minimum atomic E-state index is 0.0550. The van der Waals surface area contributed by atoms with Crippen molar-refractivity contribution in [2.45, 2.75) is 54.0 Å². The van der Waals surface area contributed by atoms with Crippen LogP contribution in [0, 0.1) is 0 Å². The predicted molar refractivity (Wildman–Crippen MR) is 56.7 cm³/mol. The third-order valence-corrected chi connectivity index (χ3v) is 1.06. The van der Waals surface area contributed by atoms with E-state index in [1.165, 1.54) is 13.8 Å². The molecule has 0 aliphatic heterocycles. The smallest absolute Gasteiger partial charge is 0.217 e. The van der Waals surface area contributed by atoms with E-state index in [9.17, 15) is 4.79 Å². The molecule has 0 aromatic heterocycles. The quantitative estimate of drug-likeness (QED) is 0.676. The number of carbonyl (C=O) groups is 2. The number of nitrogens with one attached hydrogen (secondary N) is 1. The van der Waals surface area contributed by atoms with Crippen LogP contribution < -0.4 is 5.32 Å². The van der Waals surface area contributed by atoms with Gasteiger partial charge in [0.2, 0.25) is 5.91 Å². The van der Waals surface area contributed by atoms with Crippen molar-refractivity contribution in [2.24, 2.45) is 0 Å². The molecule has 0 aromatic carbocycles. The molecule has 0 saturated heterocycles. The number of amides is 1. The molecule has 1 unspecified atom stereocenters. The highest BCUT2D eigenvalue weighted by Gasteiger charge is 1.96. The van der Waals surface area contributed by atoms with Crippen LogP contribution in [0.3, 0.4) is 0 Å². The zero-order valence-corrected chi connectivity index (χ0v) is 9.68. The Morgan fingerprint density at radius 1 is 1.46 bits per heavy atom. The topological polar surface area (TPSA) is 46.2 Å². The molecule has 0 heterocycles. The van der Waals surface area contributed by atoms with Gasteiger partial charge in [-0.1, -0.05) is 20.8 Å². The van der Waals surface area contributed by atoms with E-state index in [1.807, 2.05) is 27.7 Å². The Bertz CT molecular complexity index is 113. The van der Waals surface area contributed by atoms with Gasteiger partial charge in [-0.05, 0) is 20.3 Å². The first kappa shape index (κ1) is 18.0. The zero-order chi connectivity index (χ0) is 11.3. The lowest BCUT2D eigenvalue weighted by Crippen LogP contribution is -2.29. The van der Waals surface area contributed by atoms with E-state index in [2.05, 4.69) is 5.32 Å². The van der Waals surface area contributed by atoms with E-state index in [0.29, 0.717) is 6.04 Å². The summed E-state index contributed by atoms with van der Waals surface area (Å²) in [5.74, 6) is 0.0550. The zero-order valence-electron chi connectivity index (χ0n) is 9.68. The fraction of sp³-hybridized carbons (Fsp3) is 0.800. The van der Waals surface area contributed by atoms with Gasteiger partial charge in [0.05, 0.1) is 0 Å². The summed E-state index contributed by atoms with van der Waals surface area (Å²) in [5, 5.41) is 2.75. The summed E-state index contributed by atoms with van der Waals surface area (Å²) in [6.45, 7) is 11.0. The van der Waals surface area contributed by atoms with Gasteiger partial charge in [0.1, 0.15) is 6.29 Å². The van der Waals surface area contributed by atoms with Crippen LogP contribution in [0.15, 0.2) is 0 Å². The van der Waals surface area contributed by atoms with Gasteiger partial charge in [-0.25, -0.2) is 0 Å². The van der Waals surface area contributed by atoms with E-state index in [1.54, 1.807) is 0 Å². The first-order valence-electron chi connectivity index (χ1n) is 4.75. The van der Waals surface area contributed by atoms with Crippen molar-refractivity contribution < 1.29 is 9.59 Å². The summed E-state index contributed by atoms with van der Waals surface area (Å²) in [6, 6.07) is 0.326. The molecule has 80 valence electrons. The van der Waals surface area contributed by atoms with Crippen molar-refractivity contribution in [1.29, 1.82) is 0 Å². The molecule has 0 bridgehead atoms. The predicted octanol–water partition coefficient (Wildman–Crippen LogP) is 2.15. The second-order valence-corrected chi connectivity index (χ2v) is 2.25. The van der Waals surface area contributed by atoms with Crippen molar-refractivity contribution in [3.8, 4) is 0 Å². The van der Waals surface area contributed by atoms with Gasteiger partial charge in [0, 0.05) is 13.0 Å². The molecule has 1 atom stereocenters. The van der Waals surface area contributed by atoms with Gasteiger partial charge >= 0.3 is 0 Å². The molecular formula is C10H23NO2. The van der Waals surface area contributed by atoms with Crippen molar-refractivity contribution >= 4 is 12.2 Å². The SMILES string of the molecule is CC.CC=O.CCC(C)NC(C)=O. The molecule has 3 nitrogen and oxygen atoms in total. The first-order valence-corrected chi connectivity index (χ1v) is 4.75. The number of hydrogen-bond donors (Lipinski definition) is 1. The standard InChI is InChI=1S/C6H13NO.C2H4O.C2H6/c1-4-5(2)7-6(3)8;1-2-3;1-2/h5H,4H2,1-3H3,(H,7,8);2H,1H3;1-2H3. The lowest BCUT2D eigenvalue weighted by atomic mass is 10.3. The Hall–Kier alpha value is -0.860.